The van der Waals surface area contributed by atoms with Gasteiger partial charge in [-0.1, -0.05) is 43.5 Å². The van der Waals surface area contributed by atoms with Crippen molar-refractivity contribution in [2.75, 3.05) is 0 Å². The third kappa shape index (κ3) is 4.67. The van der Waals surface area contributed by atoms with Gasteiger partial charge in [-0.3, -0.25) is 9.58 Å². The zero-order chi connectivity index (χ0) is 21.1. The van der Waals surface area contributed by atoms with Crippen LogP contribution in [0.15, 0.2) is 42.9 Å². The molecule has 0 N–H and O–H groups in total. The van der Waals surface area contributed by atoms with Crippen LogP contribution in [0, 0.1) is 0 Å². The van der Waals surface area contributed by atoms with E-state index in [1.807, 2.05) is 24.1 Å². The maximum atomic E-state index is 4.82. The molecular formula is C25H35N5. The summed E-state index contributed by atoms with van der Waals surface area (Å²) >= 11 is 0. The van der Waals surface area contributed by atoms with Gasteiger partial charge in [-0.2, -0.15) is 5.10 Å². The number of nitrogens with zero attached hydrogens (tertiary/aromatic N) is 5. The van der Waals surface area contributed by atoms with Crippen LogP contribution in [0.4, 0.5) is 0 Å². The zero-order valence-corrected chi connectivity index (χ0v) is 18.9. The van der Waals surface area contributed by atoms with E-state index in [1.165, 1.54) is 48.8 Å². The average Bonchev–Trinajstić information content (AvgIpc) is 3.33. The Morgan fingerprint density at radius 3 is 2.40 bits per heavy atom. The summed E-state index contributed by atoms with van der Waals surface area (Å²) in [7, 11) is 4.08. The minimum Gasteiger partial charge on any atom is -0.337 e. The standard InChI is InChI=1S/C25H35N5/c1-19(2)30(18-24-26-14-15-28(24)3)17-23-16-29(4)27-25(23)22-12-10-21(11-13-22)20-8-6-5-7-9-20/h10-16,19-20H,5-9,17-18H2,1-4H3. The molecular weight excluding hydrogens is 370 g/mol. The van der Waals surface area contributed by atoms with Gasteiger partial charge in [0, 0.05) is 56.4 Å². The van der Waals surface area contributed by atoms with Crippen LogP contribution < -0.4 is 0 Å². The fourth-order valence-electron chi connectivity index (χ4n) is 4.62. The van der Waals surface area contributed by atoms with Gasteiger partial charge in [0.1, 0.15) is 5.82 Å². The van der Waals surface area contributed by atoms with Crippen molar-refractivity contribution in [2.24, 2.45) is 14.1 Å². The molecule has 1 aromatic carbocycles. The number of hydrogen-bond acceptors (Lipinski definition) is 3. The molecule has 5 heteroatoms. The second kappa shape index (κ2) is 9.17. The van der Waals surface area contributed by atoms with Gasteiger partial charge in [0.05, 0.1) is 12.2 Å². The number of aryl methyl sites for hydroxylation is 2. The molecule has 0 radical (unpaired) electrons. The molecule has 1 aliphatic carbocycles. The van der Waals surface area contributed by atoms with E-state index in [2.05, 4.69) is 65.8 Å². The molecule has 5 nitrogen and oxygen atoms in total. The molecule has 0 atom stereocenters. The van der Waals surface area contributed by atoms with Crippen molar-refractivity contribution in [3.8, 4) is 11.3 Å². The molecule has 0 aliphatic heterocycles. The Morgan fingerprint density at radius 2 is 1.77 bits per heavy atom. The lowest BCUT2D eigenvalue weighted by molar-refractivity contribution is 0.197. The van der Waals surface area contributed by atoms with E-state index in [0.717, 1.165) is 30.5 Å². The molecule has 30 heavy (non-hydrogen) atoms. The molecule has 1 fully saturated rings. The number of benzene rings is 1. The lowest BCUT2D eigenvalue weighted by Gasteiger charge is -2.26. The van der Waals surface area contributed by atoms with Gasteiger partial charge >= 0.3 is 0 Å². The fourth-order valence-corrected chi connectivity index (χ4v) is 4.62. The van der Waals surface area contributed by atoms with Crippen molar-refractivity contribution in [2.45, 2.75) is 71.0 Å². The molecule has 0 bridgehead atoms. The van der Waals surface area contributed by atoms with Crippen molar-refractivity contribution >= 4 is 0 Å². The minimum atomic E-state index is 0.420. The van der Waals surface area contributed by atoms with E-state index >= 15 is 0 Å². The summed E-state index contributed by atoms with van der Waals surface area (Å²) in [6, 6.07) is 9.63. The van der Waals surface area contributed by atoms with Gasteiger partial charge in [-0.25, -0.2) is 4.98 Å². The molecule has 2 heterocycles. The van der Waals surface area contributed by atoms with Crippen molar-refractivity contribution in [1.29, 1.82) is 0 Å². The molecule has 4 rings (SSSR count). The first-order valence-corrected chi connectivity index (χ1v) is 11.3. The lowest BCUT2D eigenvalue weighted by Crippen LogP contribution is -2.31. The summed E-state index contributed by atoms with van der Waals surface area (Å²) in [5, 5.41) is 4.82. The molecule has 0 amide bonds. The summed E-state index contributed by atoms with van der Waals surface area (Å²) in [6.07, 6.45) is 12.9. The van der Waals surface area contributed by atoms with Crippen LogP contribution in [0.3, 0.4) is 0 Å². The fraction of sp³-hybridized carbons (Fsp3) is 0.520. The summed E-state index contributed by atoms with van der Waals surface area (Å²) in [5.74, 6) is 1.83. The molecule has 1 saturated carbocycles. The third-order valence-electron chi connectivity index (χ3n) is 6.53. The maximum absolute atomic E-state index is 4.82. The largest absolute Gasteiger partial charge is 0.337 e. The quantitative estimate of drug-likeness (QED) is 0.537. The van der Waals surface area contributed by atoms with Crippen LogP contribution in [-0.4, -0.2) is 30.3 Å². The van der Waals surface area contributed by atoms with E-state index in [-0.39, 0.29) is 0 Å². The first kappa shape index (κ1) is 20.9. The van der Waals surface area contributed by atoms with Crippen LogP contribution in [0.2, 0.25) is 0 Å². The number of aromatic nitrogens is 4. The molecule has 0 saturated heterocycles. The topological polar surface area (TPSA) is 38.9 Å². The highest BCUT2D eigenvalue weighted by atomic mass is 15.3. The van der Waals surface area contributed by atoms with E-state index in [0.29, 0.717) is 6.04 Å². The van der Waals surface area contributed by atoms with Crippen LogP contribution in [-0.2, 0) is 27.2 Å². The Kier molecular flexibility index (Phi) is 6.38. The van der Waals surface area contributed by atoms with E-state index in [9.17, 15) is 0 Å². The van der Waals surface area contributed by atoms with Crippen molar-refractivity contribution in [3.63, 3.8) is 0 Å². The number of imidazole rings is 1. The first-order chi connectivity index (χ1) is 14.5. The van der Waals surface area contributed by atoms with Gasteiger partial charge < -0.3 is 4.57 Å². The van der Waals surface area contributed by atoms with Crippen LogP contribution in [0.5, 0.6) is 0 Å². The second-order valence-corrected chi connectivity index (χ2v) is 9.09. The van der Waals surface area contributed by atoms with Gasteiger partial charge in [0.15, 0.2) is 0 Å². The predicted molar refractivity (Wildman–Crippen MR) is 122 cm³/mol. The molecule has 3 aromatic rings. The van der Waals surface area contributed by atoms with E-state index < -0.39 is 0 Å². The Labute approximate surface area is 180 Å². The summed E-state index contributed by atoms with van der Waals surface area (Å²) in [6.45, 7) is 6.18. The van der Waals surface area contributed by atoms with E-state index in [4.69, 9.17) is 5.10 Å². The van der Waals surface area contributed by atoms with Gasteiger partial charge in [-0.05, 0) is 38.2 Å². The van der Waals surface area contributed by atoms with Crippen LogP contribution in [0.25, 0.3) is 11.3 Å². The lowest BCUT2D eigenvalue weighted by atomic mass is 9.84. The van der Waals surface area contributed by atoms with Gasteiger partial charge in [0.2, 0.25) is 0 Å². The Hall–Kier alpha value is -2.40. The van der Waals surface area contributed by atoms with Gasteiger partial charge in [0.25, 0.3) is 0 Å². The Morgan fingerprint density at radius 1 is 1.03 bits per heavy atom. The maximum Gasteiger partial charge on any atom is 0.122 e. The molecule has 2 aromatic heterocycles. The first-order valence-electron chi connectivity index (χ1n) is 11.3. The summed E-state index contributed by atoms with van der Waals surface area (Å²) in [4.78, 5) is 6.98. The Balaban J connectivity index is 1.54. The van der Waals surface area contributed by atoms with Gasteiger partial charge in [-0.15, -0.1) is 0 Å². The highest BCUT2D eigenvalue weighted by molar-refractivity contribution is 5.63. The zero-order valence-electron chi connectivity index (χ0n) is 18.9. The Bertz CT molecular complexity index is 944. The SMILES string of the molecule is CC(C)N(Cc1cn(C)nc1-c1ccc(C2CCCCC2)cc1)Cc1nccn1C. The second-order valence-electron chi connectivity index (χ2n) is 9.09. The molecule has 0 unspecified atom stereocenters. The highest BCUT2D eigenvalue weighted by Gasteiger charge is 2.19. The summed E-state index contributed by atoms with van der Waals surface area (Å²) < 4.78 is 4.04. The molecule has 160 valence electrons. The smallest absolute Gasteiger partial charge is 0.122 e. The average molecular weight is 406 g/mol. The molecule has 1 aliphatic rings. The predicted octanol–water partition coefficient (Wildman–Crippen LogP) is 5.28. The van der Waals surface area contributed by atoms with Crippen molar-refractivity contribution in [3.05, 3.63) is 59.8 Å². The number of rotatable bonds is 7. The van der Waals surface area contributed by atoms with Crippen LogP contribution >= 0.6 is 0 Å². The van der Waals surface area contributed by atoms with Crippen molar-refractivity contribution < 1.29 is 0 Å². The third-order valence-corrected chi connectivity index (χ3v) is 6.53. The normalized spacial score (nSPS) is 15.4. The molecule has 0 spiro atoms. The summed E-state index contributed by atoms with van der Waals surface area (Å²) in [5.41, 5.74) is 5.07. The number of hydrogen-bond donors (Lipinski definition) is 0. The van der Waals surface area contributed by atoms with E-state index in [1.54, 1.807) is 0 Å². The monoisotopic (exact) mass is 405 g/mol. The van der Waals surface area contributed by atoms with Crippen LogP contribution in [0.1, 0.15) is 68.8 Å². The van der Waals surface area contributed by atoms with Crippen molar-refractivity contribution in [1.82, 2.24) is 24.2 Å². The highest BCUT2D eigenvalue weighted by Crippen LogP contribution is 2.34. The minimum absolute atomic E-state index is 0.420.